The van der Waals surface area contributed by atoms with Gasteiger partial charge in [0.2, 0.25) is 0 Å². The zero-order chi connectivity index (χ0) is 19.3. The minimum Gasteiger partial charge on any atom is -0.384 e. The average molecular weight is 453 g/mol. The van der Waals surface area contributed by atoms with Crippen molar-refractivity contribution in [2.45, 2.75) is 31.3 Å². The van der Waals surface area contributed by atoms with Crippen LogP contribution in [0.25, 0.3) is 0 Å². The lowest BCUT2D eigenvalue weighted by Crippen LogP contribution is -2.45. The van der Waals surface area contributed by atoms with Crippen LogP contribution >= 0.6 is 27.5 Å². The van der Waals surface area contributed by atoms with Crippen LogP contribution in [0.15, 0.2) is 53.0 Å². The van der Waals surface area contributed by atoms with E-state index in [9.17, 15) is 5.11 Å². The highest BCUT2D eigenvalue weighted by Gasteiger charge is 2.39. The number of aliphatic hydroxyl groups is 1. The van der Waals surface area contributed by atoms with Gasteiger partial charge in [0.05, 0.1) is 18.8 Å². The van der Waals surface area contributed by atoms with Crippen molar-refractivity contribution < 1.29 is 9.84 Å². The van der Waals surface area contributed by atoms with E-state index in [1.807, 2.05) is 48.5 Å². The van der Waals surface area contributed by atoms with Gasteiger partial charge in [0.25, 0.3) is 0 Å². The molecule has 0 aromatic heterocycles. The first-order valence-electron chi connectivity index (χ1n) is 9.57. The van der Waals surface area contributed by atoms with Gasteiger partial charge in [0.15, 0.2) is 0 Å². The van der Waals surface area contributed by atoms with E-state index >= 15 is 0 Å². The molecular formula is C22H27BrClNO2. The van der Waals surface area contributed by atoms with Crippen molar-refractivity contribution in [2.24, 2.45) is 0 Å². The number of benzene rings is 2. The lowest BCUT2D eigenvalue weighted by molar-refractivity contribution is -0.0285. The van der Waals surface area contributed by atoms with Crippen molar-refractivity contribution >= 4 is 27.5 Å². The topological polar surface area (TPSA) is 32.7 Å². The van der Waals surface area contributed by atoms with Gasteiger partial charge in [0, 0.05) is 35.0 Å². The smallest absolute Gasteiger partial charge is 0.0976 e. The molecule has 3 nitrogen and oxygen atoms in total. The molecule has 1 heterocycles. The van der Waals surface area contributed by atoms with Gasteiger partial charge in [-0.1, -0.05) is 65.1 Å². The van der Waals surface area contributed by atoms with Crippen LogP contribution in [-0.4, -0.2) is 42.9 Å². The Labute approximate surface area is 175 Å². The molecule has 2 aromatic carbocycles. The molecule has 2 atom stereocenters. The molecule has 3 rings (SSSR count). The van der Waals surface area contributed by atoms with Gasteiger partial charge >= 0.3 is 0 Å². The van der Waals surface area contributed by atoms with E-state index in [0.29, 0.717) is 11.4 Å². The summed E-state index contributed by atoms with van der Waals surface area (Å²) in [4.78, 5) is 2.39. The van der Waals surface area contributed by atoms with Crippen LogP contribution in [0.4, 0.5) is 0 Å². The second-order valence-corrected chi connectivity index (χ2v) is 8.55. The van der Waals surface area contributed by atoms with Crippen LogP contribution in [0, 0.1) is 0 Å². The summed E-state index contributed by atoms with van der Waals surface area (Å²) in [6.07, 6.45) is 1.60. The first-order valence-corrected chi connectivity index (χ1v) is 10.7. The molecule has 2 aromatic rings. The largest absolute Gasteiger partial charge is 0.384 e. The summed E-state index contributed by atoms with van der Waals surface area (Å²) in [7, 11) is 0. The highest BCUT2D eigenvalue weighted by Crippen LogP contribution is 2.42. The average Bonchev–Trinajstić information content (AvgIpc) is 2.68. The molecule has 5 heteroatoms. The third-order valence-corrected chi connectivity index (χ3v) is 6.15. The maximum absolute atomic E-state index is 12.0. The second kappa shape index (κ2) is 9.53. The standard InChI is InChI=1S/C22H27BrClNO2/c1-2-11-22(26,18-5-7-19(23)8-6-18)21(16-25-12-14-27-15-13-25)17-3-9-20(24)10-4-17/h3-10,21,26H,2,11-16H2,1H3/t21-,22+/m0/s1. The fourth-order valence-corrected chi connectivity index (χ4v) is 4.30. The summed E-state index contributed by atoms with van der Waals surface area (Å²) in [6.45, 7) is 6.20. The zero-order valence-electron chi connectivity index (χ0n) is 15.7. The Hall–Kier alpha value is -0.910. The van der Waals surface area contributed by atoms with E-state index in [4.69, 9.17) is 16.3 Å². The van der Waals surface area contributed by atoms with Crippen molar-refractivity contribution in [2.75, 3.05) is 32.8 Å². The number of ether oxygens (including phenoxy) is 1. The molecule has 0 amide bonds. The maximum atomic E-state index is 12.0. The third kappa shape index (κ3) is 5.12. The molecule has 0 aliphatic carbocycles. The van der Waals surface area contributed by atoms with Crippen molar-refractivity contribution in [3.63, 3.8) is 0 Å². The van der Waals surface area contributed by atoms with Crippen molar-refractivity contribution in [1.82, 2.24) is 4.90 Å². The van der Waals surface area contributed by atoms with E-state index in [1.165, 1.54) is 0 Å². The zero-order valence-corrected chi connectivity index (χ0v) is 18.0. The summed E-state index contributed by atoms with van der Waals surface area (Å²) in [5.74, 6) is -0.0472. The fraction of sp³-hybridized carbons (Fsp3) is 0.455. The predicted molar refractivity (Wildman–Crippen MR) is 114 cm³/mol. The van der Waals surface area contributed by atoms with E-state index in [1.54, 1.807) is 0 Å². The van der Waals surface area contributed by atoms with Crippen LogP contribution in [0.1, 0.15) is 36.8 Å². The quantitative estimate of drug-likeness (QED) is 0.626. The number of nitrogens with zero attached hydrogens (tertiary/aromatic N) is 1. The summed E-state index contributed by atoms with van der Waals surface area (Å²) >= 11 is 9.63. The molecule has 0 spiro atoms. The van der Waals surface area contributed by atoms with Crippen molar-refractivity contribution in [3.8, 4) is 0 Å². The molecule has 0 bridgehead atoms. The van der Waals surface area contributed by atoms with Gasteiger partial charge in [-0.05, 0) is 41.8 Å². The molecule has 0 unspecified atom stereocenters. The minimum atomic E-state index is -0.943. The van der Waals surface area contributed by atoms with Gasteiger partial charge in [-0.25, -0.2) is 0 Å². The predicted octanol–water partition coefficient (Wildman–Crippen LogP) is 5.21. The van der Waals surface area contributed by atoms with Gasteiger partial charge in [-0.3, -0.25) is 4.90 Å². The SMILES string of the molecule is CCC[C@@](O)(c1ccc(Br)cc1)[C@@H](CN1CCOCC1)c1ccc(Cl)cc1. The summed E-state index contributed by atoms with van der Waals surface area (Å²) in [5.41, 5.74) is 1.13. The summed E-state index contributed by atoms with van der Waals surface area (Å²) < 4.78 is 6.52. The number of morpholine rings is 1. The molecule has 0 saturated carbocycles. The molecule has 146 valence electrons. The Kier molecular flexibility index (Phi) is 7.35. The number of halogens is 2. The molecule has 0 radical (unpaired) electrons. The van der Waals surface area contributed by atoms with Crippen LogP contribution in [0.3, 0.4) is 0 Å². The number of hydrogen-bond acceptors (Lipinski definition) is 3. The second-order valence-electron chi connectivity index (χ2n) is 7.20. The monoisotopic (exact) mass is 451 g/mol. The molecule has 1 aliphatic heterocycles. The van der Waals surface area contributed by atoms with E-state index in [2.05, 4.69) is 27.8 Å². The van der Waals surface area contributed by atoms with Crippen LogP contribution in [0.5, 0.6) is 0 Å². The molecule has 1 fully saturated rings. The molecule has 27 heavy (non-hydrogen) atoms. The number of hydrogen-bond donors (Lipinski definition) is 1. The lowest BCUT2D eigenvalue weighted by atomic mass is 9.74. The highest BCUT2D eigenvalue weighted by atomic mass is 79.9. The molecule has 1 saturated heterocycles. The normalized spacial score (nSPS) is 18.8. The molecular weight excluding hydrogens is 426 g/mol. The Morgan fingerprint density at radius 1 is 1.11 bits per heavy atom. The van der Waals surface area contributed by atoms with E-state index < -0.39 is 5.60 Å². The third-order valence-electron chi connectivity index (χ3n) is 5.37. The maximum Gasteiger partial charge on any atom is 0.0976 e. The molecule has 1 N–H and O–H groups in total. The Morgan fingerprint density at radius 3 is 2.33 bits per heavy atom. The summed E-state index contributed by atoms with van der Waals surface area (Å²) in [6, 6.07) is 16.0. The first kappa shape index (κ1) is 20.8. The van der Waals surface area contributed by atoms with Gasteiger partial charge < -0.3 is 9.84 Å². The van der Waals surface area contributed by atoms with E-state index in [0.717, 1.165) is 54.9 Å². The Bertz CT molecular complexity index is 716. The van der Waals surface area contributed by atoms with Crippen LogP contribution in [-0.2, 0) is 10.3 Å². The van der Waals surface area contributed by atoms with Gasteiger partial charge in [0.1, 0.15) is 0 Å². The Morgan fingerprint density at radius 2 is 1.74 bits per heavy atom. The first-order chi connectivity index (χ1) is 13.0. The Balaban J connectivity index is 2.00. The fourth-order valence-electron chi connectivity index (χ4n) is 3.91. The number of rotatable bonds is 7. The van der Waals surface area contributed by atoms with Crippen LogP contribution in [0.2, 0.25) is 5.02 Å². The minimum absolute atomic E-state index is 0.0472. The van der Waals surface area contributed by atoms with Gasteiger partial charge in [-0.15, -0.1) is 0 Å². The summed E-state index contributed by atoms with van der Waals surface area (Å²) in [5, 5.41) is 12.7. The van der Waals surface area contributed by atoms with Gasteiger partial charge in [-0.2, -0.15) is 0 Å². The van der Waals surface area contributed by atoms with E-state index in [-0.39, 0.29) is 5.92 Å². The van der Waals surface area contributed by atoms with Crippen molar-refractivity contribution in [3.05, 3.63) is 69.2 Å². The molecule has 1 aliphatic rings. The highest BCUT2D eigenvalue weighted by molar-refractivity contribution is 9.10. The van der Waals surface area contributed by atoms with Crippen molar-refractivity contribution in [1.29, 1.82) is 0 Å². The van der Waals surface area contributed by atoms with Crippen LogP contribution < -0.4 is 0 Å². The lowest BCUT2D eigenvalue weighted by Gasteiger charge is -2.41.